The van der Waals surface area contributed by atoms with E-state index in [1.807, 2.05) is 6.92 Å². The molecule has 4 nitrogen and oxygen atoms in total. The van der Waals surface area contributed by atoms with Gasteiger partial charge < -0.3 is 10.2 Å². The largest absolute Gasteiger partial charge is 0.352 e. The number of rotatable bonds is 9. The van der Waals surface area contributed by atoms with Crippen molar-refractivity contribution >= 4 is 35.0 Å². The first-order valence-corrected chi connectivity index (χ1v) is 13.5. The first kappa shape index (κ1) is 27.5. The average molecular weight is 518 g/mol. The minimum Gasteiger partial charge on any atom is -0.352 e. The smallest absolute Gasteiger partial charge is 0.243 e. The normalized spacial score (nSPS) is 15.1. The summed E-state index contributed by atoms with van der Waals surface area (Å²) in [5, 5.41) is 4.17. The maximum Gasteiger partial charge on any atom is 0.243 e. The van der Waals surface area contributed by atoms with Gasteiger partial charge in [-0.25, -0.2) is 0 Å². The summed E-state index contributed by atoms with van der Waals surface area (Å²) in [6.45, 7) is 8.70. The molecule has 1 saturated carbocycles. The Morgan fingerprint density at radius 2 is 1.63 bits per heavy atom. The van der Waals surface area contributed by atoms with Crippen LogP contribution < -0.4 is 5.32 Å². The van der Waals surface area contributed by atoms with Crippen molar-refractivity contribution in [3.05, 3.63) is 69.2 Å². The van der Waals surface area contributed by atoms with Crippen LogP contribution in [0.3, 0.4) is 0 Å². The van der Waals surface area contributed by atoms with Crippen LogP contribution in [0.25, 0.3) is 0 Å². The predicted octanol–water partition coefficient (Wildman–Crippen LogP) is 7.09. The summed E-state index contributed by atoms with van der Waals surface area (Å²) in [7, 11) is 0. The summed E-state index contributed by atoms with van der Waals surface area (Å²) in [5.41, 5.74) is 3.12. The highest BCUT2D eigenvalue weighted by molar-refractivity contribution is 6.36. The molecule has 0 heterocycles. The molecule has 0 radical (unpaired) electrons. The summed E-state index contributed by atoms with van der Waals surface area (Å²) >= 11 is 12.9. The maximum atomic E-state index is 13.6. The van der Waals surface area contributed by atoms with E-state index >= 15 is 0 Å². The van der Waals surface area contributed by atoms with E-state index in [4.69, 9.17) is 23.2 Å². The summed E-state index contributed by atoms with van der Waals surface area (Å²) in [6, 6.07) is 13.4. The Labute approximate surface area is 220 Å². The lowest BCUT2D eigenvalue weighted by Crippen LogP contribution is -2.51. The Bertz CT molecular complexity index is 988. The van der Waals surface area contributed by atoms with Crippen LogP contribution in [-0.4, -0.2) is 28.8 Å². The van der Waals surface area contributed by atoms with Crippen LogP contribution in [0.15, 0.2) is 42.5 Å². The lowest BCUT2D eigenvalue weighted by atomic mass is 9.86. The van der Waals surface area contributed by atoms with Gasteiger partial charge in [-0.15, -0.1) is 0 Å². The molecule has 0 aliphatic heterocycles. The third-order valence-corrected chi connectivity index (χ3v) is 7.63. The van der Waals surface area contributed by atoms with Crippen LogP contribution in [0, 0.1) is 0 Å². The first-order valence-electron chi connectivity index (χ1n) is 12.7. The number of carbonyl (C=O) groups excluding carboxylic acids is 2. The molecule has 1 N–H and O–H groups in total. The number of nitrogens with zero attached hydrogens (tertiary/aromatic N) is 1. The van der Waals surface area contributed by atoms with Gasteiger partial charge in [0.15, 0.2) is 0 Å². The van der Waals surface area contributed by atoms with E-state index in [1.54, 1.807) is 23.1 Å². The molecule has 0 bridgehead atoms. The number of hydrogen-bond acceptors (Lipinski definition) is 2. The highest BCUT2D eigenvalue weighted by Gasteiger charge is 2.31. The van der Waals surface area contributed by atoms with Crippen molar-refractivity contribution in [2.24, 2.45) is 0 Å². The van der Waals surface area contributed by atoms with Crippen molar-refractivity contribution in [1.29, 1.82) is 0 Å². The molecule has 2 aromatic carbocycles. The monoisotopic (exact) mass is 516 g/mol. The fourth-order valence-electron chi connectivity index (χ4n) is 4.71. The molecule has 190 valence electrons. The molecular formula is C29H38Cl2N2O2. The second-order valence-corrected chi connectivity index (χ2v) is 11.4. The number of nitrogens with one attached hydrogen (secondary N) is 1. The molecule has 1 atom stereocenters. The van der Waals surface area contributed by atoms with E-state index in [-0.39, 0.29) is 29.8 Å². The van der Waals surface area contributed by atoms with Gasteiger partial charge in [0.25, 0.3) is 0 Å². The van der Waals surface area contributed by atoms with Crippen molar-refractivity contribution in [2.45, 2.75) is 96.7 Å². The Morgan fingerprint density at radius 3 is 2.17 bits per heavy atom. The van der Waals surface area contributed by atoms with Crippen molar-refractivity contribution < 1.29 is 9.59 Å². The molecule has 1 aliphatic carbocycles. The molecule has 6 heteroatoms. The Balaban J connectivity index is 1.79. The number of benzene rings is 2. The molecule has 1 fully saturated rings. The Hall–Kier alpha value is -2.04. The lowest BCUT2D eigenvalue weighted by molar-refractivity contribution is -0.141. The fourth-order valence-corrected chi connectivity index (χ4v) is 5.22. The topological polar surface area (TPSA) is 49.4 Å². The summed E-state index contributed by atoms with van der Waals surface area (Å²) in [6.07, 6.45) is 5.70. The van der Waals surface area contributed by atoms with Crippen molar-refractivity contribution in [3.8, 4) is 0 Å². The summed E-state index contributed by atoms with van der Waals surface area (Å²) in [4.78, 5) is 28.5. The van der Waals surface area contributed by atoms with E-state index in [0.29, 0.717) is 34.9 Å². The van der Waals surface area contributed by atoms with Gasteiger partial charge in [0, 0.05) is 34.6 Å². The molecule has 35 heavy (non-hydrogen) atoms. The van der Waals surface area contributed by atoms with Crippen LogP contribution in [0.2, 0.25) is 10.0 Å². The van der Waals surface area contributed by atoms with Gasteiger partial charge >= 0.3 is 0 Å². The standard InChI is InChI=1S/C29H38Cl2N2O2/c1-5-26(28(35)32-22-9-6-7-10-22)33(19-23-24(30)11-8-12-25(23)31)27(34)18-15-20-13-16-21(17-14-20)29(2,3)4/h8,11-14,16-17,22,26H,5-7,9-10,15,18-19H2,1-4H3,(H,32,35)/t26-/m1/s1. The Kier molecular flexibility index (Phi) is 9.66. The van der Waals surface area contributed by atoms with Crippen molar-refractivity contribution in [3.63, 3.8) is 0 Å². The van der Waals surface area contributed by atoms with Gasteiger partial charge in [-0.3, -0.25) is 9.59 Å². The van der Waals surface area contributed by atoms with E-state index in [1.165, 1.54) is 5.56 Å². The summed E-state index contributed by atoms with van der Waals surface area (Å²) < 4.78 is 0. The summed E-state index contributed by atoms with van der Waals surface area (Å²) in [5.74, 6) is -0.167. The van der Waals surface area contributed by atoms with Crippen LogP contribution in [0.4, 0.5) is 0 Å². The fraction of sp³-hybridized carbons (Fsp3) is 0.517. The zero-order valence-electron chi connectivity index (χ0n) is 21.4. The molecule has 3 rings (SSSR count). The zero-order chi connectivity index (χ0) is 25.6. The molecule has 0 saturated heterocycles. The van der Waals surface area contributed by atoms with E-state index < -0.39 is 6.04 Å². The molecule has 0 unspecified atom stereocenters. The molecule has 2 amide bonds. The van der Waals surface area contributed by atoms with Crippen LogP contribution in [0.1, 0.15) is 82.9 Å². The average Bonchev–Trinajstić information content (AvgIpc) is 3.32. The maximum absolute atomic E-state index is 13.6. The number of hydrogen-bond donors (Lipinski definition) is 1. The third kappa shape index (κ3) is 7.47. The number of aryl methyl sites for hydroxylation is 1. The molecule has 1 aliphatic rings. The van der Waals surface area contributed by atoms with E-state index in [9.17, 15) is 9.59 Å². The first-order chi connectivity index (χ1) is 16.6. The molecule has 0 aromatic heterocycles. The second kappa shape index (κ2) is 12.3. The van der Waals surface area contributed by atoms with Crippen molar-refractivity contribution in [1.82, 2.24) is 10.2 Å². The minimum absolute atomic E-state index is 0.0747. The van der Waals surface area contributed by atoms with E-state index in [2.05, 4.69) is 50.4 Å². The van der Waals surface area contributed by atoms with Gasteiger partial charge in [-0.1, -0.05) is 94.1 Å². The highest BCUT2D eigenvalue weighted by atomic mass is 35.5. The Morgan fingerprint density at radius 1 is 1.03 bits per heavy atom. The molecule has 2 aromatic rings. The number of carbonyl (C=O) groups is 2. The highest BCUT2D eigenvalue weighted by Crippen LogP contribution is 2.28. The van der Waals surface area contributed by atoms with Gasteiger partial charge in [-0.05, 0) is 54.4 Å². The zero-order valence-corrected chi connectivity index (χ0v) is 22.9. The van der Waals surface area contributed by atoms with E-state index in [0.717, 1.165) is 31.2 Å². The van der Waals surface area contributed by atoms with Gasteiger partial charge in [-0.2, -0.15) is 0 Å². The van der Waals surface area contributed by atoms with Gasteiger partial charge in [0.05, 0.1) is 0 Å². The van der Waals surface area contributed by atoms with Gasteiger partial charge in [0.1, 0.15) is 6.04 Å². The van der Waals surface area contributed by atoms with Crippen molar-refractivity contribution in [2.75, 3.05) is 0 Å². The second-order valence-electron chi connectivity index (χ2n) is 10.6. The van der Waals surface area contributed by atoms with Crippen LogP contribution in [-0.2, 0) is 28.0 Å². The van der Waals surface area contributed by atoms with Gasteiger partial charge in [0.2, 0.25) is 11.8 Å². The molecule has 0 spiro atoms. The minimum atomic E-state index is -0.571. The lowest BCUT2D eigenvalue weighted by Gasteiger charge is -2.32. The number of amides is 2. The quantitative estimate of drug-likeness (QED) is 0.386. The third-order valence-electron chi connectivity index (χ3n) is 6.93. The number of halogens is 2. The van der Waals surface area contributed by atoms with Crippen LogP contribution in [0.5, 0.6) is 0 Å². The molecular weight excluding hydrogens is 479 g/mol. The predicted molar refractivity (Wildman–Crippen MR) is 145 cm³/mol. The SMILES string of the molecule is CC[C@H](C(=O)NC1CCCC1)N(Cc1c(Cl)cccc1Cl)C(=O)CCc1ccc(C(C)(C)C)cc1. The van der Waals surface area contributed by atoms with Crippen LogP contribution >= 0.6 is 23.2 Å².